The number of nitrogens with zero attached hydrogens (tertiary/aromatic N) is 1. The minimum Gasteiger partial charge on any atom is -0.495 e. The number of carbonyl (C=O) groups is 1. The molecule has 1 fully saturated rings. The van der Waals surface area contributed by atoms with Crippen LogP contribution in [-0.4, -0.2) is 51.0 Å². The van der Waals surface area contributed by atoms with Crippen molar-refractivity contribution in [1.82, 2.24) is 4.31 Å². The molecular formula is C16H23N3O5S. The number of fused-ring (bicyclic) bond motifs is 1. The molecule has 1 aromatic carbocycles. The molecule has 0 radical (unpaired) electrons. The average molecular weight is 369 g/mol. The molecule has 3 rings (SSSR count). The normalized spacial score (nSPS) is 22.5. The van der Waals surface area contributed by atoms with Gasteiger partial charge in [0.2, 0.25) is 10.0 Å². The topological polar surface area (TPSA) is 111 Å². The zero-order valence-corrected chi connectivity index (χ0v) is 15.1. The summed E-state index contributed by atoms with van der Waals surface area (Å²) in [5.41, 5.74) is 6.42. The number of hydrogen-bond donors (Lipinski definition) is 2. The fourth-order valence-corrected chi connectivity index (χ4v) is 5.26. The van der Waals surface area contributed by atoms with Crippen LogP contribution in [0.3, 0.4) is 0 Å². The third-order valence-corrected chi connectivity index (χ3v) is 6.54. The molecule has 2 aliphatic rings. The zero-order chi connectivity index (χ0) is 18.2. The Morgan fingerprint density at radius 3 is 2.84 bits per heavy atom. The monoisotopic (exact) mass is 369 g/mol. The molecule has 9 heteroatoms. The highest BCUT2D eigenvalue weighted by Crippen LogP contribution is 2.39. The van der Waals surface area contributed by atoms with Crippen molar-refractivity contribution in [3.63, 3.8) is 0 Å². The van der Waals surface area contributed by atoms with Crippen molar-refractivity contribution in [1.29, 1.82) is 0 Å². The molecule has 25 heavy (non-hydrogen) atoms. The zero-order valence-electron chi connectivity index (χ0n) is 14.3. The van der Waals surface area contributed by atoms with E-state index in [1.54, 1.807) is 0 Å². The molecule has 0 spiro atoms. The third kappa shape index (κ3) is 3.31. The smallest absolute Gasteiger partial charge is 0.262 e. The van der Waals surface area contributed by atoms with E-state index < -0.39 is 10.0 Å². The number of nitrogens with one attached hydrogen (secondary N) is 1. The van der Waals surface area contributed by atoms with Crippen molar-refractivity contribution in [3.8, 4) is 11.5 Å². The second-order valence-corrected chi connectivity index (χ2v) is 8.23. The number of anilines is 1. The number of piperidine rings is 1. The minimum absolute atomic E-state index is 0.0254. The first-order valence-corrected chi connectivity index (χ1v) is 9.70. The molecule has 3 N–H and O–H groups in total. The number of nitrogens with two attached hydrogens (primary N) is 1. The van der Waals surface area contributed by atoms with Crippen LogP contribution in [0.25, 0.3) is 0 Å². The highest BCUT2D eigenvalue weighted by Gasteiger charge is 2.37. The number of benzene rings is 1. The van der Waals surface area contributed by atoms with Gasteiger partial charge in [0.15, 0.2) is 6.61 Å². The van der Waals surface area contributed by atoms with Crippen molar-refractivity contribution in [3.05, 3.63) is 12.1 Å². The van der Waals surface area contributed by atoms with E-state index in [-0.39, 0.29) is 35.2 Å². The molecule has 8 nitrogen and oxygen atoms in total. The van der Waals surface area contributed by atoms with Crippen LogP contribution in [0.4, 0.5) is 5.69 Å². The number of amides is 1. The van der Waals surface area contributed by atoms with Crippen molar-refractivity contribution in [2.45, 2.75) is 43.2 Å². The molecule has 138 valence electrons. The van der Waals surface area contributed by atoms with Gasteiger partial charge in [-0.3, -0.25) is 4.79 Å². The fraction of sp³-hybridized carbons (Fsp3) is 0.562. The summed E-state index contributed by atoms with van der Waals surface area (Å²) in [7, 11) is -2.42. The summed E-state index contributed by atoms with van der Waals surface area (Å²) < 4.78 is 38.7. The van der Waals surface area contributed by atoms with Crippen LogP contribution < -0.4 is 20.5 Å². The van der Waals surface area contributed by atoms with Gasteiger partial charge in [-0.15, -0.1) is 0 Å². The van der Waals surface area contributed by atoms with Crippen molar-refractivity contribution < 1.29 is 22.7 Å². The van der Waals surface area contributed by atoms with Gasteiger partial charge in [-0.2, -0.15) is 4.31 Å². The molecule has 2 aliphatic heterocycles. The van der Waals surface area contributed by atoms with Crippen LogP contribution in [0.15, 0.2) is 17.0 Å². The van der Waals surface area contributed by atoms with Gasteiger partial charge in [0.1, 0.15) is 16.4 Å². The van der Waals surface area contributed by atoms with E-state index in [1.807, 2.05) is 6.92 Å². The number of carbonyl (C=O) groups excluding carboxylic acids is 1. The molecule has 2 heterocycles. The van der Waals surface area contributed by atoms with Crippen molar-refractivity contribution in [2.24, 2.45) is 5.73 Å². The Kier molecular flexibility index (Phi) is 4.90. The summed E-state index contributed by atoms with van der Waals surface area (Å²) in [5.74, 6) is 0.185. The molecule has 1 amide bonds. The Balaban J connectivity index is 2.06. The molecule has 0 aromatic heterocycles. The van der Waals surface area contributed by atoms with E-state index >= 15 is 0 Å². The van der Waals surface area contributed by atoms with Gasteiger partial charge in [-0.25, -0.2) is 8.42 Å². The Hall–Kier alpha value is -1.84. The molecule has 1 saturated heterocycles. The van der Waals surface area contributed by atoms with Gasteiger partial charge in [0.05, 0.1) is 12.8 Å². The summed E-state index contributed by atoms with van der Waals surface area (Å²) in [6.45, 7) is 2.10. The Morgan fingerprint density at radius 2 is 2.16 bits per heavy atom. The highest BCUT2D eigenvalue weighted by molar-refractivity contribution is 7.89. The van der Waals surface area contributed by atoms with E-state index in [2.05, 4.69) is 5.32 Å². The molecule has 0 aliphatic carbocycles. The standard InChI is InChI=1S/C16H23N3O5S/c1-10(17)12-5-3-4-6-19(12)25(21,22)15-8-13-11(7-14(15)23-2)18-16(20)9-24-13/h7-8,10,12H,3-6,9,17H2,1-2H3,(H,18,20). The Labute approximate surface area is 147 Å². The SMILES string of the molecule is COc1cc2c(cc1S(=O)(=O)N1CCCCC1C(C)N)OCC(=O)N2. The van der Waals surface area contributed by atoms with E-state index in [9.17, 15) is 13.2 Å². The number of hydrogen-bond acceptors (Lipinski definition) is 6. The lowest BCUT2D eigenvalue weighted by atomic mass is 10.00. The van der Waals surface area contributed by atoms with Gasteiger partial charge >= 0.3 is 0 Å². The van der Waals surface area contributed by atoms with Gasteiger partial charge < -0.3 is 20.5 Å². The highest BCUT2D eigenvalue weighted by atomic mass is 32.2. The number of sulfonamides is 1. The van der Waals surface area contributed by atoms with Gasteiger partial charge in [-0.05, 0) is 19.8 Å². The van der Waals surface area contributed by atoms with E-state index in [0.717, 1.165) is 19.3 Å². The second kappa shape index (κ2) is 6.81. The summed E-state index contributed by atoms with van der Waals surface area (Å²) in [4.78, 5) is 11.5. The first kappa shape index (κ1) is 18.0. The average Bonchev–Trinajstić information content (AvgIpc) is 2.60. The number of methoxy groups -OCH3 is 1. The lowest BCUT2D eigenvalue weighted by Gasteiger charge is -2.37. The van der Waals surface area contributed by atoms with E-state index in [1.165, 1.54) is 23.5 Å². The van der Waals surface area contributed by atoms with Crippen LogP contribution in [0, 0.1) is 0 Å². The van der Waals surface area contributed by atoms with Gasteiger partial charge in [0.25, 0.3) is 5.91 Å². The van der Waals surface area contributed by atoms with Gasteiger partial charge in [-0.1, -0.05) is 6.42 Å². The molecular weight excluding hydrogens is 346 g/mol. The second-order valence-electron chi connectivity index (χ2n) is 6.37. The molecule has 0 saturated carbocycles. The lowest BCUT2D eigenvalue weighted by Crippen LogP contribution is -2.51. The van der Waals surface area contributed by atoms with E-state index in [4.69, 9.17) is 15.2 Å². The quantitative estimate of drug-likeness (QED) is 0.816. The molecule has 2 unspecified atom stereocenters. The third-order valence-electron chi connectivity index (χ3n) is 4.59. The molecule has 1 aromatic rings. The minimum atomic E-state index is -3.81. The maximum Gasteiger partial charge on any atom is 0.262 e. The van der Waals surface area contributed by atoms with Crippen LogP contribution in [0.2, 0.25) is 0 Å². The molecule has 0 bridgehead atoms. The Morgan fingerprint density at radius 1 is 1.40 bits per heavy atom. The predicted molar refractivity (Wildman–Crippen MR) is 92.3 cm³/mol. The lowest BCUT2D eigenvalue weighted by molar-refractivity contribution is -0.118. The van der Waals surface area contributed by atoms with Crippen molar-refractivity contribution >= 4 is 21.6 Å². The fourth-order valence-electron chi connectivity index (χ4n) is 3.33. The van der Waals surface area contributed by atoms with Crippen LogP contribution in [-0.2, 0) is 14.8 Å². The Bertz CT molecular complexity index is 778. The van der Waals surface area contributed by atoms with Crippen LogP contribution in [0.5, 0.6) is 11.5 Å². The maximum atomic E-state index is 13.3. The first-order valence-electron chi connectivity index (χ1n) is 8.26. The number of ether oxygens (including phenoxy) is 2. The largest absolute Gasteiger partial charge is 0.495 e. The maximum absolute atomic E-state index is 13.3. The number of rotatable bonds is 4. The van der Waals surface area contributed by atoms with E-state index in [0.29, 0.717) is 18.0 Å². The van der Waals surface area contributed by atoms with Crippen molar-refractivity contribution in [2.75, 3.05) is 25.6 Å². The molecule has 2 atom stereocenters. The van der Waals surface area contributed by atoms with Crippen LogP contribution in [0.1, 0.15) is 26.2 Å². The van der Waals surface area contributed by atoms with Gasteiger partial charge in [0, 0.05) is 30.8 Å². The summed E-state index contributed by atoms with van der Waals surface area (Å²) in [6.07, 6.45) is 2.48. The summed E-state index contributed by atoms with van der Waals surface area (Å²) in [6, 6.07) is 2.37. The summed E-state index contributed by atoms with van der Waals surface area (Å²) in [5, 5.41) is 2.65. The first-order chi connectivity index (χ1) is 11.8. The predicted octanol–water partition coefficient (Wildman–Crippen LogP) is 0.916. The summed E-state index contributed by atoms with van der Waals surface area (Å²) >= 11 is 0. The van der Waals surface area contributed by atoms with Crippen LogP contribution >= 0.6 is 0 Å².